The number of aliphatic hydroxyl groups is 1. The first-order chi connectivity index (χ1) is 11.3. The van der Waals surface area contributed by atoms with E-state index in [9.17, 15) is 17.9 Å². The molecule has 2 aromatic carbocycles. The first-order valence-electron chi connectivity index (χ1n) is 7.56. The summed E-state index contributed by atoms with van der Waals surface area (Å²) in [6.07, 6.45) is 0.532. The Hall–Kier alpha value is -1.28. The molecule has 0 bridgehead atoms. The van der Waals surface area contributed by atoms with Crippen LogP contribution in [-0.4, -0.2) is 30.9 Å². The maximum absolute atomic E-state index is 13.8. The molecular weight excluding hydrogens is 397 g/mol. The summed E-state index contributed by atoms with van der Waals surface area (Å²) in [6.45, 7) is 0.284. The summed E-state index contributed by atoms with van der Waals surface area (Å²) >= 11 is 3.35. The van der Waals surface area contributed by atoms with Crippen LogP contribution in [0.3, 0.4) is 0 Å². The minimum Gasteiger partial charge on any atom is -0.385 e. The van der Waals surface area contributed by atoms with E-state index in [1.807, 2.05) is 24.3 Å². The third-order valence-corrected chi connectivity index (χ3v) is 6.85. The van der Waals surface area contributed by atoms with Crippen molar-refractivity contribution in [2.75, 3.05) is 13.1 Å². The molecule has 0 amide bonds. The van der Waals surface area contributed by atoms with Crippen LogP contribution < -0.4 is 0 Å². The number of sulfonamides is 1. The highest BCUT2D eigenvalue weighted by Crippen LogP contribution is 2.35. The summed E-state index contributed by atoms with van der Waals surface area (Å²) < 4.78 is 41.2. The van der Waals surface area contributed by atoms with Crippen molar-refractivity contribution in [1.82, 2.24) is 4.31 Å². The highest BCUT2D eigenvalue weighted by atomic mass is 79.9. The zero-order valence-corrected chi connectivity index (χ0v) is 15.2. The quantitative estimate of drug-likeness (QED) is 0.839. The first kappa shape index (κ1) is 17.5. The van der Waals surface area contributed by atoms with Gasteiger partial charge in [0.25, 0.3) is 0 Å². The van der Waals surface area contributed by atoms with Crippen LogP contribution in [-0.2, 0) is 15.6 Å². The van der Waals surface area contributed by atoms with Gasteiger partial charge in [0.15, 0.2) is 0 Å². The third kappa shape index (κ3) is 3.26. The number of hydrogen-bond donors (Lipinski definition) is 1. The van der Waals surface area contributed by atoms with Crippen molar-refractivity contribution in [2.24, 2.45) is 0 Å². The topological polar surface area (TPSA) is 57.6 Å². The molecule has 1 aliphatic rings. The molecule has 0 aliphatic carbocycles. The molecule has 24 heavy (non-hydrogen) atoms. The van der Waals surface area contributed by atoms with Gasteiger partial charge in [0.2, 0.25) is 10.0 Å². The molecule has 3 rings (SSSR count). The van der Waals surface area contributed by atoms with E-state index in [4.69, 9.17) is 0 Å². The predicted molar refractivity (Wildman–Crippen MR) is 92.4 cm³/mol. The van der Waals surface area contributed by atoms with E-state index in [-0.39, 0.29) is 30.8 Å². The van der Waals surface area contributed by atoms with Crippen LogP contribution in [0.2, 0.25) is 0 Å². The minimum atomic E-state index is -3.89. The summed E-state index contributed by atoms with van der Waals surface area (Å²) in [5.41, 5.74) is -0.310. The van der Waals surface area contributed by atoms with E-state index in [2.05, 4.69) is 15.9 Å². The van der Waals surface area contributed by atoms with Gasteiger partial charge in [0.05, 0.1) is 5.60 Å². The van der Waals surface area contributed by atoms with Crippen molar-refractivity contribution in [1.29, 1.82) is 0 Å². The fourth-order valence-corrected chi connectivity index (χ4v) is 4.71. The summed E-state index contributed by atoms with van der Waals surface area (Å²) in [5.74, 6) is -0.758. The van der Waals surface area contributed by atoms with Gasteiger partial charge in [0.1, 0.15) is 10.7 Å². The van der Waals surface area contributed by atoms with Gasteiger partial charge in [-0.3, -0.25) is 0 Å². The molecule has 2 aromatic rings. The molecule has 4 nitrogen and oxygen atoms in total. The zero-order chi connectivity index (χ0) is 17.4. The van der Waals surface area contributed by atoms with Crippen LogP contribution in [0.4, 0.5) is 4.39 Å². The van der Waals surface area contributed by atoms with Crippen LogP contribution in [0, 0.1) is 5.82 Å². The molecule has 128 valence electrons. The number of piperidine rings is 1. The van der Waals surface area contributed by atoms with Crippen molar-refractivity contribution in [3.63, 3.8) is 0 Å². The van der Waals surface area contributed by atoms with Crippen LogP contribution in [0.1, 0.15) is 18.4 Å². The Labute approximate surface area is 149 Å². The summed E-state index contributed by atoms with van der Waals surface area (Å²) in [6, 6.07) is 12.7. The lowest BCUT2D eigenvalue weighted by atomic mass is 9.85. The molecule has 1 fully saturated rings. The molecule has 0 radical (unpaired) electrons. The Morgan fingerprint density at radius 3 is 2.21 bits per heavy atom. The highest BCUT2D eigenvalue weighted by Gasteiger charge is 2.38. The van der Waals surface area contributed by atoms with Crippen molar-refractivity contribution in [2.45, 2.75) is 23.3 Å². The molecule has 0 aromatic heterocycles. The molecule has 1 N–H and O–H groups in total. The SMILES string of the molecule is O=S(=O)(c1ccccc1F)N1CCC(O)(c2ccc(Br)cc2)CC1. The predicted octanol–water partition coefficient (Wildman–Crippen LogP) is 3.26. The third-order valence-electron chi connectivity index (χ3n) is 4.39. The number of rotatable bonds is 3. The van der Waals surface area contributed by atoms with Crippen molar-refractivity contribution >= 4 is 26.0 Å². The first-order valence-corrected chi connectivity index (χ1v) is 9.79. The molecule has 7 heteroatoms. The van der Waals surface area contributed by atoms with Crippen LogP contribution in [0.5, 0.6) is 0 Å². The Morgan fingerprint density at radius 2 is 1.62 bits per heavy atom. The molecule has 1 aliphatic heterocycles. The highest BCUT2D eigenvalue weighted by molar-refractivity contribution is 9.10. The molecular formula is C17H17BrFNO3S. The van der Waals surface area contributed by atoms with E-state index < -0.39 is 21.4 Å². The number of nitrogens with zero attached hydrogens (tertiary/aromatic N) is 1. The van der Waals surface area contributed by atoms with Crippen molar-refractivity contribution in [3.05, 3.63) is 64.4 Å². The van der Waals surface area contributed by atoms with Gasteiger partial charge in [-0.2, -0.15) is 4.31 Å². The van der Waals surface area contributed by atoms with Crippen LogP contribution in [0.15, 0.2) is 57.9 Å². The Kier molecular flexibility index (Phi) is 4.79. The fourth-order valence-electron chi connectivity index (χ4n) is 2.94. The number of halogens is 2. The lowest BCUT2D eigenvalue weighted by molar-refractivity contribution is -0.00964. The normalized spacial score (nSPS) is 18.5. The second-order valence-electron chi connectivity index (χ2n) is 5.87. The largest absolute Gasteiger partial charge is 0.385 e. The summed E-state index contributed by atoms with van der Waals surface area (Å²) in [7, 11) is -3.89. The van der Waals surface area contributed by atoms with E-state index in [1.165, 1.54) is 22.5 Å². The van der Waals surface area contributed by atoms with E-state index in [0.717, 1.165) is 16.1 Å². The number of hydrogen-bond acceptors (Lipinski definition) is 3. The molecule has 0 unspecified atom stereocenters. The second kappa shape index (κ2) is 6.55. The summed E-state index contributed by atoms with van der Waals surface area (Å²) in [5, 5.41) is 10.8. The lowest BCUT2D eigenvalue weighted by Crippen LogP contribution is -2.45. The van der Waals surface area contributed by atoms with Gasteiger partial charge in [-0.1, -0.05) is 40.2 Å². The van der Waals surface area contributed by atoms with Gasteiger partial charge in [-0.05, 0) is 42.7 Å². The standard InChI is InChI=1S/C17H17BrFNO3S/c18-14-7-5-13(6-8-14)17(21)9-11-20(12-10-17)24(22,23)16-4-2-1-3-15(16)19/h1-8,21H,9-12H2. The van der Waals surface area contributed by atoms with Crippen molar-refractivity contribution < 1.29 is 17.9 Å². The molecule has 0 saturated carbocycles. The second-order valence-corrected chi connectivity index (χ2v) is 8.70. The summed E-state index contributed by atoms with van der Waals surface area (Å²) in [4.78, 5) is -0.320. The Balaban J connectivity index is 1.80. The van der Waals surface area contributed by atoms with Gasteiger partial charge in [-0.25, -0.2) is 12.8 Å². The van der Waals surface area contributed by atoms with Gasteiger partial charge in [-0.15, -0.1) is 0 Å². The Bertz CT molecular complexity index is 831. The van der Waals surface area contributed by atoms with Crippen LogP contribution in [0.25, 0.3) is 0 Å². The van der Waals surface area contributed by atoms with Crippen molar-refractivity contribution in [3.8, 4) is 0 Å². The van der Waals surface area contributed by atoms with Gasteiger partial charge in [0, 0.05) is 17.6 Å². The zero-order valence-electron chi connectivity index (χ0n) is 12.8. The van der Waals surface area contributed by atoms with E-state index >= 15 is 0 Å². The van der Waals surface area contributed by atoms with Gasteiger partial charge < -0.3 is 5.11 Å². The molecule has 0 spiro atoms. The fraction of sp³-hybridized carbons (Fsp3) is 0.294. The van der Waals surface area contributed by atoms with Crippen LogP contribution >= 0.6 is 15.9 Å². The van der Waals surface area contributed by atoms with E-state index in [0.29, 0.717) is 0 Å². The molecule has 0 atom stereocenters. The minimum absolute atomic E-state index is 0.142. The lowest BCUT2D eigenvalue weighted by Gasteiger charge is -2.37. The van der Waals surface area contributed by atoms with Gasteiger partial charge >= 0.3 is 0 Å². The average Bonchev–Trinajstić information content (AvgIpc) is 2.56. The Morgan fingerprint density at radius 1 is 1.04 bits per heavy atom. The molecule has 1 heterocycles. The number of benzene rings is 2. The monoisotopic (exact) mass is 413 g/mol. The maximum atomic E-state index is 13.8. The smallest absolute Gasteiger partial charge is 0.245 e. The average molecular weight is 414 g/mol. The van der Waals surface area contributed by atoms with E-state index in [1.54, 1.807) is 0 Å². The maximum Gasteiger partial charge on any atom is 0.245 e. The molecule has 1 saturated heterocycles.